The Morgan fingerprint density at radius 2 is 0.958 bits per heavy atom. The zero-order valence-corrected chi connectivity index (χ0v) is 33.4. The van der Waals surface area contributed by atoms with Gasteiger partial charge >= 0.3 is 99.2 Å². The fraction of sp³-hybridized carbons (Fsp3) is 0.222. The molecule has 246 valence electrons. The molecule has 0 bridgehead atoms. The normalized spacial score (nSPS) is 11.1. The Bertz CT molecular complexity index is 1940. The van der Waals surface area contributed by atoms with E-state index in [1.54, 1.807) is 0 Å². The van der Waals surface area contributed by atoms with Crippen LogP contribution >= 0.6 is 0 Å². The van der Waals surface area contributed by atoms with E-state index in [1.165, 1.54) is 93.1 Å². The molecule has 0 amide bonds. The average molecular weight is 749 g/mol. The molecule has 0 saturated carbocycles. The molecule has 48 heavy (non-hydrogen) atoms. The van der Waals surface area contributed by atoms with Crippen LogP contribution in [0, 0.1) is 13.8 Å². The van der Waals surface area contributed by atoms with Crippen LogP contribution in [0.4, 0.5) is 0 Å². The van der Waals surface area contributed by atoms with E-state index in [2.05, 4.69) is 189 Å². The Kier molecular flexibility index (Phi) is 13.6. The third-order valence-corrected chi connectivity index (χ3v) is 10.2. The van der Waals surface area contributed by atoms with Gasteiger partial charge in [-0.2, -0.15) is 12.1 Å². The van der Waals surface area contributed by atoms with E-state index in [0.717, 1.165) is 0 Å². The molecule has 7 aromatic carbocycles. The van der Waals surface area contributed by atoms with Crippen molar-refractivity contribution in [2.75, 3.05) is 0 Å². The molecule has 7 aromatic rings. The van der Waals surface area contributed by atoms with E-state index < -0.39 is 0 Å². The molecule has 0 aliphatic carbocycles. The molecule has 0 aromatic heterocycles. The van der Waals surface area contributed by atoms with Crippen LogP contribution in [-0.2, 0) is 35.1 Å². The predicted molar refractivity (Wildman–Crippen MR) is 200 cm³/mol. The maximum absolute atomic E-state index is 2.35. The summed E-state index contributed by atoms with van der Waals surface area (Å²) in [5, 5.41) is 8.26. The van der Waals surface area contributed by atoms with Crippen LogP contribution in [-0.4, -0.2) is 3.21 Å². The monoisotopic (exact) mass is 746 g/mol. The van der Waals surface area contributed by atoms with E-state index in [-0.39, 0.29) is 35.6 Å². The van der Waals surface area contributed by atoms with Gasteiger partial charge in [0.25, 0.3) is 0 Å². The molecule has 0 heterocycles. The van der Waals surface area contributed by atoms with Gasteiger partial charge in [0, 0.05) is 0 Å². The molecule has 0 unspecified atom stereocenters. The first-order valence-electron chi connectivity index (χ1n) is 16.3. The Labute approximate surface area is 315 Å². The SMILES string of the molecule is CC(C)(C)c1ccc2c(c1)[cH-]c1cc(C(C)(C)C)ccc12.Cc1ccc(C)c2[cH-]ccc12.[Cl-].[Cl-].[Zr+2]=[C](c1ccccc1)c1ccccc1. The molecule has 3 heteroatoms. The zero-order chi connectivity index (χ0) is 33.1. The second-order valence-corrected chi connectivity index (χ2v) is 15.6. The standard InChI is InChI=1S/C21H25.C13H10.C11H11.2ClH.Zr/c1-20(2,3)16-7-9-18-14(12-16)11-15-13-17(21(4,5)6)8-10-19(15)18;1-3-7-12(8-4-1)11-13-9-5-2-6-10-13;1-8-6-7-9(2)11-5-3-4-10(8)11;;;/h7-13H,1-6H3;1-10H;3-7H,1-2H3;2*1H;/q-1;;-1;;;+2/p-2. The fourth-order valence-corrected chi connectivity index (χ4v) is 6.69. The van der Waals surface area contributed by atoms with Crippen molar-refractivity contribution in [1.82, 2.24) is 0 Å². The molecule has 0 atom stereocenters. The topological polar surface area (TPSA) is 0 Å². The van der Waals surface area contributed by atoms with Crippen molar-refractivity contribution in [2.24, 2.45) is 0 Å². The third kappa shape index (κ3) is 9.32. The molecule has 0 nitrogen and oxygen atoms in total. The first-order valence-corrected chi connectivity index (χ1v) is 17.5. The first kappa shape index (κ1) is 39.4. The third-order valence-electron chi connectivity index (χ3n) is 8.81. The molecule has 0 saturated heterocycles. The zero-order valence-electron chi connectivity index (χ0n) is 29.5. The molecule has 0 N–H and O–H groups in total. The summed E-state index contributed by atoms with van der Waals surface area (Å²) in [7, 11) is 0. The van der Waals surface area contributed by atoms with Crippen molar-refractivity contribution < 1.29 is 49.0 Å². The summed E-state index contributed by atoms with van der Waals surface area (Å²) in [6.07, 6.45) is 0. The van der Waals surface area contributed by atoms with Gasteiger partial charge in [-0.25, -0.2) is 0 Å². The summed E-state index contributed by atoms with van der Waals surface area (Å²) < 4.78 is 1.42. The van der Waals surface area contributed by atoms with Crippen molar-refractivity contribution in [2.45, 2.75) is 66.2 Å². The predicted octanol–water partition coefficient (Wildman–Crippen LogP) is 6.29. The fourth-order valence-electron chi connectivity index (χ4n) is 5.87. The van der Waals surface area contributed by atoms with Crippen LogP contribution in [0.2, 0.25) is 0 Å². The van der Waals surface area contributed by atoms with E-state index >= 15 is 0 Å². The van der Waals surface area contributed by atoms with Crippen molar-refractivity contribution >= 4 is 35.5 Å². The van der Waals surface area contributed by atoms with Crippen molar-refractivity contribution in [3.05, 3.63) is 167 Å². The van der Waals surface area contributed by atoms with Crippen LogP contribution < -0.4 is 24.8 Å². The van der Waals surface area contributed by atoms with Gasteiger partial charge in [-0.15, -0.1) is 68.2 Å². The molecule has 0 aliphatic rings. The van der Waals surface area contributed by atoms with E-state index in [9.17, 15) is 0 Å². The van der Waals surface area contributed by atoms with Gasteiger partial charge in [0.2, 0.25) is 0 Å². The summed E-state index contributed by atoms with van der Waals surface area (Å²) in [6, 6.07) is 48.1. The Hall–Kier alpha value is -3.09. The first-order chi connectivity index (χ1) is 21.8. The second kappa shape index (κ2) is 16.5. The minimum absolute atomic E-state index is 0. The molecule has 0 aliphatic heterocycles. The molecule has 7 rings (SSSR count). The van der Waals surface area contributed by atoms with Gasteiger partial charge in [0.1, 0.15) is 0 Å². The van der Waals surface area contributed by atoms with Crippen LogP contribution in [0.1, 0.15) is 74.9 Å². The van der Waals surface area contributed by atoms with Crippen LogP contribution in [0.3, 0.4) is 0 Å². The number of rotatable bonds is 2. The van der Waals surface area contributed by atoms with Crippen molar-refractivity contribution in [3.8, 4) is 0 Å². The van der Waals surface area contributed by atoms with Gasteiger partial charge in [-0.05, 0) is 17.8 Å². The van der Waals surface area contributed by atoms with Crippen LogP contribution in [0.25, 0.3) is 32.3 Å². The Balaban J connectivity index is 0.000000202. The summed E-state index contributed by atoms with van der Waals surface area (Å²) in [5.74, 6) is 0. The number of halogens is 2. The number of fused-ring (bicyclic) bond motifs is 4. The molecular formula is C45H46Cl2Zr-2. The number of hydrogen-bond acceptors (Lipinski definition) is 0. The summed E-state index contributed by atoms with van der Waals surface area (Å²) in [5.41, 5.74) is 8.62. The van der Waals surface area contributed by atoms with E-state index in [1.807, 2.05) is 0 Å². The quantitative estimate of drug-likeness (QED) is 0.183. The molecule has 0 radical (unpaired) electrons. The average Bonchev–Trinajstić information content (AvgIpc) is 3.69. The van der Waals surface area contributed by atoms with Gasteiger partial charge in [0.05, 0.1) is 0 Å². The van der Waals surface area contributed by atoms with Gasteiger partial charge < -0.3 is 24.8 Å². The van der Waals surface area contributed by atoms with E-state index in [0.29, 0.717) is 0 Å². The number of hydrogen-bond donors (Lipinski definition) is 0. The summed E-state index contributed by atoms with van der Waals surface area (Å²) >= 11 is 1.46. The van der Waals surface area contributed by atoms with E-state index in [4.69, 9.17) is 0 Å². The van der Waals surface area contributed by atoms with Crippen LogP contribution in [0.5, 0.6) is 0 Å². The maximum atomic E-state index is 2.35. The number of aryl methyl sites for hydroxylation is 2. The molecule has 0 fully saturated rings. The van der Waals surface area contributed by atoms with Crippen molar-refractivity contribution in [3.63, 3.8) is 0 Å². The van der Waals surface area contributed by atoms with Crippen molar-refractivity contribution in [1.29, 1.82) is 0 Å². The van der Waals surface area contributed by atoms with Gasteiger partial charge in [0.15, 0.2) is 0 Å². The van der Waals surface area contributed by atoms with Crippen LogP contribution in [0.15, 0.2) is 133 Å². The molecular weight excluding hydrogens is 703 g/mol. The summed E-state index contributed by atoms with van der Waals surface area (Å²) in [6.45, 7) is 17.9. The number of benzene rings is 5. The minimum atomic E-state index is 0. The van der Waals surface area contributed by atoms with Gasteiger partial charge in [-0.3, -0.25) is 0 Å². The summed E-state index contributed by atoms with van der Waals surface area (Å²) in [4.78, 5) is 0. The molecule has 0 spiro atoms. The Morgan fingerprint density at radius 1 is 0.521 bits per heavy atom. The van der Waals surface area contributed by atoms with Gasteiger partial charge in [-0.1, -0.05) is 95.5 Å². The Morgan fingerprint density at radius 3 is 1.38 bits per heavy atom. The second-order valence-electron chi connectivity index (χ2n) is 14.4.